The molecule has 1 amide bonds. The van der Waals surface area contributed by atoms with Crippen LogP contribution in [0.1, 0.15) is 25.5 Å². The standard InChI is InChI=1S/C14H22N2OS/c1-3-16(4-2)13(10-15-14(17)11-18)12-8-6-5-7-9-12/h5-9,13,18H,3-4,10-11H2,1-2H3,(H,15,17). The monoisotopic (exact) mass is 266 g/mol. The Morgan fingerprint density at radius 1 is 1.28 bits per heavy atom. The highest BCUT2D eigenvalue weighted by molar-refractivity contribution is 7.81. The average molecular weight is 266 g/mol. The highest BCUT2D eigenvalue weighted by atomic mass is 32.1. The van der Waals surface area contributed by atoms with Gasteiger partial charge < -0.3 is 5.32 Å². The van der Waals surface area contributed by atoms with Gasteiger partial charge in [0.2, 0.25) is 5.91 Å². The number of carbonyl (C=O) groups excluding carboxylic acids is 1. The fourth-order valence-corrected chi connectivity index (χ4v) is 2.18. The Labute approximate surface area is 115 Å². The zero-order chi connectivity index (χ0) is 13.4. The second-order valence-electron chi connectivity index (χ2n) is 4.11. The summed E-state index contributed by atoms with van der Waals surface area (Å²) in [5.74, 6) is 0.214. The molecular weight excluding hydrogens is 244 g/mol. The number of hydrogen-bond acceptors (Lipinski definition) is 3. The van der Waals surface area contributed by atoms with Gasteiger partial charge >= 0.3 is 0 Å². The normalized spacial score (nSPS) is 12.4. The van der Waals surface area contributed by atoms with Crippen LogP contribution in [0.3, 0.4) is 0 Å². The van der Waals surface area contributed by atoms with E-state index in [4.69, 9.17) is 0 Å². The Morgan fingerprint density at radius 3 is 2.39 bits per heavy atom. The molecular formula is C14H22N2OS. The molecule has 1 aromatic rings. The lowest BCUT2D eigenvalue weighted by Crippen LogP contribution is -2.38. The van der Waals surface area contributed by atoms with Crippen molar-refractivity contribution in [2.24, 2.45) is 0 Å². The third-order valence-corrected chi connectivity index (χ3v) is 3.36. The second kappa shape index (κ2) is 8.16. The zero-order valence-corrected chi connectivity index (χ0v) is 12.0. The molecule has 18 heavy (non-hydrogen) atoms. The van der Waals surface area contributed by atoms with E-state index in [9.17, 15) is 4.79 Å². The minimum absolute atomic E-state index is 0.0218. The van der Waals surface area contributed by atoms with Crippen molar-refractivity contribution < 1.29 is 4.79 Å². The van der Waals surface area contributed by atoms with Crippen LogP contribution >= 0.6 is 12.6 Å². The molecule has 0 aromatic heterocycles. The molecule has 0 fully saturated rings. The third-order valence-electron chi connectivity index (χ3n) is 3.07. The molecule has 3 nitrogen and oxygen atoms in total. The summed E-state index contributed by atoms with van der Waals surface area (Å²) < 4.78 is 0. The van der Waals surface area contributed by atoms with Gasteiger partial charge in [-0.25, -0.2) is 0 Å². The van der Waals surface area contributed by atoms with Gasteiger partial charge in [0.25, 0.3) is 0 Å². The zero-order valence-electron chi connectivity index (χ0n) is 11.1. The number of thiol groups is 1. The van der Waals surface area contributed by atoms with Crippen molar-refractivity contribution in [3.8, 4) is 0 Å². The highest BCUT2D eigenvalue weighted by Crippen LogP contribution is 2.19. The number of likely N-dealkylation sites (N-methyl/N-ethyl adjacent to an activating group) is 1. The van der Waals surface area contributed by atoms with Crippen LogP contribution in [0.5, 0.6) is 0 Å². The van der Waals surface area contributed by atoms with Crippen LogP contribution in [0.2, 0.25) is 0 Å². The molecule has 0 radical (unpaired) electrons. The van der Waals surface area contributed by atoms with Crippen LogP contribution in [-0.2, 0) is 4.79 Å². The van der Waals surface area contributed by atoms with Crippen LogP contribution in [0.4, 0.5) is 0 Å². The quantitative estimate of drug-likeness (QED) is 0.741. The van der Waals surface area contributed by atoms with Gasteiger partial charge in [-0.1, -0.05) is 44.2 Å². The number of hydrogen-bond donors (Lipinski definition) is 2. The summed E-state index contributed by atoms with van der Waals surface area (Å²) >= 11 is 3.98. The second-order valence-corrected chi connectivity index (χ2v) is 4.43. The molecule has 0 saturated heterocycles. The van der Waals surface area contributed by atoms with Gasteiger partial charge in [-0.05, 0) is 18.7 Å². The van der Waals surface area contributed by atoms with Gasteiger partial charge in [-0.3, -0.25) is 9.69 Å². The van der Waals surface area contributed by atoms with E-state index in [0.717, 1.165) is 13.1 Å². The van der Waals surface area contributed by atoms with Crippen LogP contribution < -0.4 is 5.32 Å². The first-order valence-electron chi connectivity index (χ1n) is 6.39. The molecule has 0 spiro atoms. The van der Waals surface area contributed by atoms with Gasteiger partial charge in [0.05, 0.1) is 11.8 Å². The van der Waals surface area contributed by atoms with Crippen molar-refractivity contribution in [1.82, 2.24) is 10.2 Å². The topological polar surface area (TPSA) is 32.3 Å². The summed E-state index contributed by atoms with van der Waals surface area (Å²) in [6, 6.07) is 10.5. The van der Waals surface area contributed by atoms with E-state index >= 15 is 0 Å². The highest BCUT2D eigenvalue weighted by Gasteiger charge is 2.18. The number of nitrogens with zero attached hydrogens (tertiary/aromatic N) is 1. The van der Waals surface area contributed by atoms with E-state index < -0.39 is 0 Å². The van der Waals surface area contributed by atoms with E-state index in [1.54, 1.807) is 0 Å². The summed E-state index contributed by atoms with van der Waals surface area (Å²) in [6.07, 6.45) is 0. The minimum atomic E-state index is -0.0218. The minimum Gasteiger partial charge on any atom is -0.353 e. The molecule has 1 unspecified atom stereocenters. The van der Waals surface area contributed by atoms with Crippen LogP contribution in [-0.4, -0.2) is 36.2 Å². The van der Waals surface area contributed by atoms with E-state index in [-0.39, 0.29) is 17.7 Å². The predicted molar refractivity (Wildman–Crippen MR) is 79.0 cm³/mol. The Morgan fingerprint density at radius 2 is 1.89 bits per heavy atom. The molecule has 0 saturated carbocycles. The molecule has 1 N–H and O–H groups in total. The first kappa shape index (κ1) is 15.1. The molecule has 4 heteroatoms. The smallest absolute Gasteiger partial charge is 0.229 e. The van der Waals surface area contributed by atoms with Crippen molar-refractivity contribution in [3.63, 3.8) is 0 Å². The van der Waals surface area contributed by atoms with E-state index in [1.165, 1.54) is 5.56 Å². The van der Waals surface area contributed by atoms with E-state index in [1.807, 2.05) is 18.2 Å². The molecule has 0 aliphatic rings. The van der Waals surface area contributed by atoms with Crippen LogP contribution in [0, 0.1) is 0 Å². The Kier molecular flexibility index (Phi) is 6.83. The largest absolute Gasteiger partial charge is 0.353 e. The average Bonchev–Trinajstić information content (AvgIpc) is 2.44. The molecule has 1 rings (SSSR count). The summed E-state index contributed by atoms with van der Waals surface area (Å²) in [5.41, 5.74) is 1.24. The van der Waals surface area contributed by atoms with Crippen molar-refractivity contribution in [1.29, 1.82) is 0 Å². The first-order chi connectivity index (χ1) is 8.72. The molecule has 0 heterocycles. The van der Waals surface area contributed by atoms with Crippen LogP contribution in [0.25, 0.3) is 0 Å². The number of benzene rings is 1. The number of carbonyl (C=O) groups is 1. The summed E-state index contributed by atoms with van der Waals surface area (Å²) in [4.78, 5) is 13.7. The maximum atomic E-state index is 11.3. The summed E-state index contributed by atoms with van der Waals surface area (Å²) in [7, 11) is 0. The van der Waals surface area contributed by atoms with Crippen molar-refractivity contribution >= 4 is 18.5 Å². The summed E-state index contributed by atoms with van der Waals surface area (Å²) in [5, 5.41) is 2.92. The van der Waals surface area contributed by atoms with Gasteiger partial charge in [0.15, 0.2) is 0 Å². The lowest BCUT2D eigenvalue weighted by molar-refractivity contribution is -0.118. The maximum Gasteiger partial charge on any atom is 0.229 e. The number of amides is 1. The fourth-order valence-electron chi connectivity index (χ4n) is 2.06. The Hall–Kier alpha value is -1.00. The predicted octanol–water partition coefficient (Wildman–Crippen LogP) is 2.12. The fraction of sp³-hybridized carbons (Fsp3) is 0.500. The van der Waals surface area contributed by atoms with E-state index in [0.29, 0.717) is 6.54 Å². The number of rotatable bonds is 7. The van der Waals surface area contributed by atoms with Gasteiger partial charge in [-0.2, -0.15) is 12.6 Å². The Bertz CT molecular complexity index is 352. The SMILES string of the molecule is CCN(CC)C(CNC(=O)CS)c1ccccc1. The molecule has 0 bridgehead atoms. The molecule has 0 aliphatic heterocycles. The maximum absolute atomic E-state index is 11.3. The molecule has 0 aliphatic carbocycles. The lowest BCUT2D eigenvalue weighted by atomic mass is 10.1. The van der Waals surface area contributed by atoms with Crippen molar-refractivity contribution in [2.75, 3.05) is 25.4 Å². The third kappa shape index (κ3) is 4.35. The van der Waals surface area contributed by atoms with Gasteiger partial charge in [0, 0.05) is 6.54 Å². The van der Waals surface area contributed by atoms with Crippen molar-refractivity contribution in [3.05, 3.63) is 35.9 Å². The first-order valence-corrected chi connectivity index (χ1v) is 7.02. The molecule has 1 atom stereocenters. The lowest BCUT2D eigenvalue weighted by Gasteiger charge is -2.30. The van der Waals surface area contributed by atoms with Gasteiger partial charge in [0.1, 0.15) is 0 Å². The van der Waals surface area contributed by atoms with Crippen molar-refractivity contribution in [2.45, 2.75) is 19.9 Å². The van der Waals surface area contributed by atoms with E-state index in [2.05, 4.69) is 48.8 Å². The molecule has 1 aromatic carbocycles. The van der Waals surface area contributed by atoms with Crippen LogP contribution in [0.15, 0.2) is 30.3 Å². The Balaban J connectivity index is 2.78. The molecule has 100 valence electrons. The summed E-state index contributed by atoms with van der Waals surface area (Å²) in [6.45, 7) is 6.84. The van der Waals surface area contributed by atoms with Gasteiger partial charge in [-0.15, -0.1) is 0 Å². The number of nitrogens with one attached hydrogen (secondary N) is 1.